The monoisotopic (exact) mass is 408 g/mol. The van der Waals surface area contributed by atoms with Crippen molar-refractivity contribution in [3.05, 3.63) is 51.7 Å². The zero-order chi connectivity index (χ0) is 19.1. The molecule has 1 saturated heterocycles. The second-order valence-corrected chi connectivity index (χ2v) is 9.01. The van der Waals surface area contributed by atoms with Crippen molar-refractivity contribution in [1.82, 2.24) is 0 Å². The lowest BCUT2D eigenvalue weighted by molar-refractivity contribution is -0.232. The highest BCUT2D eigenvalue weighted by molar-refractivity contribution is 7.37. The molecule has 2 aromatic heterocycles. The lowest BCUT2D eigenvalue weighted by Crippen LogP contribution is -2.55. The predicted molar refractivity (Wildman–Crippen MR) is 103 cm³/mol. The first-order valence-corrected chi connectivity index (χ1v) is 10.3. The van der Waals surface area contributed by atoms with Crippen LogP contribution in [0, 0.1) is 0 Å². The number of aliphatic hydroxyl groups is 4. The van der Waals surface area contributed by atoms with Gasteiger partial charge in [0, 0.05) is 22.2 Å². The van der Waals surface area contributed by atoms with E-state index in [0.717, 1.165) is 5.56 Å². The molecule has 0 spiro atoms. The number of phenolic OH excluding ortho intramolecular Hbond substituents is 1. The highest BCUT2D eigenvalue weighted by Gasteiger charge is 2.44. The fourth-order valence-electron chi connectivity index (χ4n) is 3.41. The van der Waals surface area contributed by atoms with Crippen LogP contribution >= 0.6 is 22.7 Å². The molecule has 1 fully saturated rings. The lowest BCUT2D eigenvalue weighted by Gasteiger charge is -2.40. The Balaban J connectivity index is 1.62. The molecular formula is C19H20O6S2. The van der Waals surface area contributed by atoms with Gasteiger partial charge in [0.2, 0.25) is 0 Å². The molecule has 3 aromatic rings. The minimum Gasteiger partial charge on any atom is -0.508 e. The Bertz CT molecular complexity index is 905. The van der Waals surface area contributed by atoms with Gasteiger partial charge in [-0.05, 0) is 35.2 Å². The van der Waals surface area contributed by atoms with Crippen molar-refractivity contribution in [3.8, 4) is 5.75 Å². The van der Waals surface area contributed by atoms with Crippen molar-refractivity contribution in [2.45, 2.75) is 36.9 Å². The van der Waals surface area contributed by atoms with Gasteiger partial charge in [-0.25, -0.2) is 0 Å². The Hall–Kier alpha value is -1.52. The molecule has 0 aliphatic carbocycles. The van der Waals surface area contributed by atoms with Crippen LogP contribution in [0.25, 0.3) is 9.40 Å². The van der Waals surface area contributed by atoms with Crippen LogP contribution in [0.1, 0.15) is 22.1 Å². The molecule has 0 saturated carbocycles. The van der Waals surface area contributed by atoms with E-state index < -0.39 is 37.1 Å². The first-order chi connectivity index (χ1) is 13.0. The van der Waals surface area contributed by atoms with E-state index in [0.29, 0.717) is 12.0 Å². The molecular weight excluding hydrogens is 388 g/mol. The Kier molecular flexibility index (Phi) is 5.21. The van der Waals surface area contributed by atoms with E-state index in [-0.39, 0.29) is 5.75 Å². The van der Waals surface area contributed by atoms with Crippen molar-refractivity contribution in [1.29, 1.82) is 0 Å². The summed E-state index contributed by atoms with van der Waals surface area (Å²) in [5.74, 6) is -0.0738. The van der Waals surface area contributed by atoms with Gasteiger partial charge in [-0.1, -0.05) is 6.07 Å². The minimum atomic E-state index is -1.48. The molecule has 8 heteroatoms. The van der Waals surface area contributed by atoms with Gasteiger partial charge >= 0.3 is 0 Å². The second-order valence-electron chi connectivity index (χ2n) is 6.70. The molecule has 6 nitrogen and oxygen atoms in total. The van der Waals surface area contributed by atoms with E-state index in [1.807, 2.05) is 0 Å². The molecule has 5 atom stereocenters. The van der Waals surface area contributed by atoms with Gasteiger partial charge in [0.05, 0.1) is 10.6 Å². The summed E-state index contributed by atoms with van der Waals surface area (Å²) in [4.78, 5) is 1.18. The average molecular weight is 408 g/mol. The summed E-state index contributed by atoms with van der Waals surface area (Å²) in [7, 11) is 0. The highest BCUT2D eigenvalue weighted by Crippen LogP contribution is 2.38. The SMILES string of the molecule is OCC1OC(c2cc(Cc3cc4ccsc4s3)ccc2O)[C@H](O)C(O)[C@@H]1O. The van der Waals surface area contributed by atoms with Crippen LogP contribution in [0.2, 0.25) is 0 Å². The first-order valence-electron chi connectivity index (χ1n) is 8.56. The lowest BCUT2D eigenvalue weighted by atomic mass is 9.90. The first kappa shape index (κ1) is 18.8. The van der Waals surface area contributed by atoms with Gasteiger partial charge < -0.3 is 30.3 Å². The number of ether oxygens (including phenoxy) is 1. The molecule has 0 radical (unpaired) electrons. The van der Waals surface area contributed by atoms with Gasteiger partial charge in [0.1, 0.15) is 36.3 Å². The summed E-state index contributed by atoms with van der Waals surface area (Å²) in [6, 6.07) is 9.28. The summed E-state index contributed by atoms with van der Waals surface area (Å²) in [6.07, 6.45) is -5.72. The van der Waals surface area contributed by atoms with Gasteiger partial charge in [-0.15, -0.1) is 22.7 Å². The smallest absolute Gasteiger partial charge is 0.121 e. The summed E-state index contributed by atoms with van der Waals surface area (Å²) in [5.41, 5.74) is 1.25. The number of fused-ring (bicyclic) bond motifs is 1. The van der Waals surface area contributed by atoms with E-state index >= 15 is 0 Å². The summed E-state index contributed by atoms with van der Waals surface area (Å²) in [5, 5.41) is 53.2. The van der Waals surface area contributed by atoms with E-state index in [2.05, 4.69) is 17.5 Å². The number of rotatable bonds is 4. The number of aliphatic hydroxyl groups excluding tert-OH is 4. The van der Waals surface area contributed by atoms with Gasteiger partial charge in [-0.2, -0.15) is 0 Å². The average Bonchev–Trinajstić information content (AvgIpc) is 3.23. The molecule has 0 amide bonds. The van der Waals surface area contributed by atoms with Gasteiger partial charge in [0.25, 0.3) is 0 Å². The number of hydrogen-bond acceptors (Lipinski definition) is 8. The van der Waals surface area contributed by atoms with Crippen molar-refractivity contribution in [3.63, 3.8) is 0 Å². The maximum Gasteiger partial charge on any atom is 0.121 e. The highest BCUT2D eigenvalue weighted by atomic mass is 32.2. The Labute approximate surface area is 163 Å². The van der Waals surface area contributed by atoms with Gasteiger partial charge in [0.15, 0.2) is 0 Å². The third kappa shape index (κ3) is 3.50. The molecule has 144 valence electrons. The number of thiophene rings is 2. The Morgan fingerprint density at radius 3 is 2.56 bits per heavy atom. The molecule has 3 unspecified atom stereocenters. The topological polar surface area (TPSA) is 110 Å². The third-order valence-electron chi connectivity index (χ3n) is 4.87. The Morgan fingerprint density at radius 2 is 1.81 bits per heavy atom. The zero-order valence-corrected chi connectivity index (χ0v) is 15.9. The van der Waals surface area contributed by atoms with Crippen LogP contribution in [0.4, 0.5) is 0 Å². The van der Waals surface area contributed by atoms with E-state index in [9.17, 15) is 25.5 Å². The van der Waals surface area contributed by atoms with Crippen LogP contribution in [0.15, 0.2) is 35.7 Å². The number of hydrogen-bond donors (Lipinski definition) is 5. The molecule has 27 heavy (non-hydrogen) atoms. The maximum atomic E-state index is 10.3. The van der Waals surface area contributed by atoms with Crippen LogP contribution < -0.4 is 0 Å². The van der Waals surface area contributed by atoms with E-state index in [4.69, 9.17) is 4.74 Å². The molecule has 0 bridgehead atoms. The quantitative estimate of drug-likeness (QED) is 0.450. The fourth-order valence-corrected chi connectivity index (χ4v) is 5.60. The number of aromatic hydroxyl groups is 1. The largest absolute Gasteiger partial charge is 0.508 e. The molecule has 1 aromatic carbocycles. The molecule has 5 N–H and O–H groups in total. The number of phenols is 1. The minimum absolute atomic E-state index is 0.0738. The van der Waals surface area contributed by atoms with Crippen molar-refractivity contribution in [2.24, 2.45) is 0 Å². The van der Waals surface area contributed by atoms with Crippen LogP contribution in [-0.2, 0) is 11.2 Å². The normalized spacial score (nSPS) is 28.7. The molecule has 4 rings (SSSR count). The summed E-state index contributed by atoms with van der Waals surface area (Å²) >= 11 is 3.42. The predicted octanol–water partition coefficient (Wildman–Crippen LogP) is 1.77. The van der Waals surface area contributed by atoms with Crippen molar-refractivity contribution >= 4 is 32.1 Å². The van der Waals surface area contributed by atoms with Gasteiger partial charge in [-0.3, -0.25) is 0 Å². The van der Waals surface area contributed by atoms with Crippen LogP contribution in [0.5, 0.6) is 5.75 Å². The third-order valence-corrected chi connectivity index (χ3v) is 7.07. The summed E-state index contributed by atoms with van der Waals surface area (Å²) in [6.45, 7) is -0.506. The van der Waals surface area contributed by atoms with Crippen molar-refractivity contribution in [2.75, 3.05) is 6.61 Å². The molecule has 1 aliphatic rings. The second kappa shape index (κ2) is 7.48. The zero-order valence-electron chi connectivity index (χ0n) is 14.2. The fraction of sp³-hybridized carbons (Fsp3) is 0.368. The van der Waals surface area contributed by atoms with Crippen LogP contribution in [-0.4, -0.2) is 56.6 Å². The van der Waals surface area contributed by atoms with E-state index in [1.54, 1.807) is 34.8 Å². The van der Waals surface area contributed by atoms with E-state index in [1.165, 1.54) is 20.3 Å². The standard InChI is InChI=1S/C19H20O6S2/c20-8-14-15(22)16(23)17(24)18(25-14)12-6-9(1-2-13(12)21)5-11-7-10-3-4-26-19(10)27-11/h1-4,6-7,14-18,20-24H,5,8H2/t14?,15-,16?,17-,18?/m1/s1. The summed E-state index contributed by atoms with van der Waals surface area (Å²) < 4.78 is 6.83. The Morgan fingerprint density at radius 1 is 1.00 bits per heavy atom. The number of benzene rings is 1. The van der Waals surface area contributed by atoms with Crippen LogP contribution in [0.3, 0.4) is 0 Å². The maximum absolute atomic E-state index is 10.3. The van der Waals surface area contributed by atoms with Crippen molar-refractivity contribution < 1.29 is 30.3 Å². The molecule has 1 aliphatic heterocycles. The molecule has 3 heterocycles.